The Morgan fingerprint density at radius 3 is 2.56 bits per heavy atom. The van der Waals surface area contributed by atoms with Crippen molar-refractivity contribution in [1.82, 2.24) is 15.6 Å². The van der Waals surface area contributed by atoms with Gasteiger partial charge in [0.05, 0.1) is 6.61 Å². The summed E-state index contributed by atoms with van der Waals surface area (Å²) >= 11 is 0. The van der Waals surface area contributed by atoms with Crippen molar-refractivity contribution in [3.05, 3.63) is 53.2 Å². The van der Waals surface area contributed by atoms with Gasteiger partial charge >= 0.3 is 0 Å². The Labute approximate surface area is 208 Å². The molecule has 1 aromatic heterocycles. The van der Waals surface area contributed by atoms with E-state index in [-0.39, 0.29) is 24.0 Å². The maximum absolute atomic E-state index is 5.93. The van der Waals surface area contributed by atoms with Crippen molar-refractivity contribution in [3.8, 4) is 11.6 Å². The van der Waals surface area contributed by atoms with Crippen LogP contribution in [0.5, 0.6) is 11.6 Å². The first-order chi connectivity index (χ1) is 15.2. The molecule has 7 nitrogen and oxygen atoms in total. The Kier molecular flexibility index (Phi) is 11.6. The number of rotatable bonds is 10. The SMILES string of the molecule is CN=C(NCc1ccc(OC2CCCC2)nc1)NCc1ccc(C)cc1OCCOC.I. The number of halogens is 1. The molecule has 2 N–H and O–H groups in total. The molecular weight excluding hydrogens is 519 g/mol. The molecule has 32 heavy (non-hydrogen) atoms. The highest BCUT2D eigenvalue weighted by Crippen LogP contribution is 2.23. The van der Waals surface area contributed by atoms with Gasteiger partial charge in [-0.3, -0.25) is 4.99 Å². The molecule has 1 aliphatic rings. The largest absolute Gasteiger partial charge is 0.491 e. The molecule has 0 amide bonds. The molecule has 2 aromatic rings. The van der Waals surface area contributed by atoms with E-state index in [2.05, 4.69) is 39.7 Å². The van der Waals surface area contributed by atoms with Crippen LogP contribution in [0.3, 0.4) is 0 Å². The van der Waals surface area contributed by atoms with Crippen LogP contribution in [-0.2, 0) is 17.8 Å². The summed E-state index contributed by atoms with van der Waals surface area (Å²) in [6.45, 7) is 4.37. The maximum Gasteiger partial charge on any atom is 0.213 e. The van der Waals surface area contributed by atoms with Crippen LogP contribution in [0.2, 0.25) is 0 Å². The zero-order valence-electron chi connectivity index (χ0n) is 19.2. The van der Waals surface area contributed by atoms with Gasteiger partial charge in [0.15, 0.2) is 5.96 Å². The topological polar surface area (TPSA) is 77.0 Å². The fourth-order valence-corrected chi connectivity index (χ4v) is 3.52. The Hall–Kier alpha value is -2.07. The molecule has 3 rings (SSSR count). The van der Waals surface area contributed by atoms with Crippen LogP contribution in [0.4, 0.5) is 0 Å². The summed E-state index contributed by atoms with van der Waals surface area (Å²) in [5, 5.41) is 6.68. The number of nitrogens with one attached hydrogen (secondary N) is 2. The van der Waals surface area contributed by atoms with Crippen LogP contribution in [0, 0.1) is 6.92 Å². The molecule has 1 aromatic carbocycles. The first-order valence-corrected chi connectivity index (χ1v) is 11.0. The Morgan fingerprint density at radius 1 is 1.09 bits per heavy atom. The van der Waals surface area contributed by atoms with E-state index in [0.717, 1.165) is 41.2 Å². The van der Waals surface area contributed by atoms with Gasteiger partial charge in [0, 0.05) is 45.1 Å². The van der Waals surface area contributed by atoms with Gasteiger partial charge in [0.1, 0.15) is 18.5 Å². The summed E-state index contributed by atoms with van der Waals surface area (Å²) in [5.41, 5.74) is 3.30. The van der Waals surface area contributed by atoms with E-state index in [9.17, 15) is 0 Å². The standard InChI is InChI=1S/C24H34N4O3.HI/c1-18-8-10-20(22(14-18)30-13-12-29-3)17-28-24(25-2)27-16-19-9-11-23(26-15-19)31-21-6-4-5-7-21;/h8-11,14-15,21H,4-7,12-13,16-17H2,1-3H3,(H2,25,27,28);1H. The van der Waals surface area contributed by atoms with Gasteiger partial charge in [-0.15, -0.1) is 24.0 Å². The number of guanidine groups is 1. The zero-order chi connectivity index (χ0) is 21.9. The van der Waals surface area contributed by atoms with Crippen molar-refractivity contribution >= 4 is 29.9 Å². The van der Waals surface area contributed by atoms with E-state index in [1.165, 1.54) is 12.8 Å². The van der Waals surface area contributed by atoms with Crippen molar-refractivity contribution in [3.63, 3.8) is 0 Å². The minimum Gasteiger partial charge on any atom is -0.491 e. The lowest BCUT2D eigenvalue weighted by Crippen LogP contribution is -2.36. The van der Waals surface area contributed by atoms with E-state index in [4.69, 9.17) is 14.2 Å². The van der Waals surface area contributed by atoms with E-state index in [1.807, 2.05) is 24.4 Å². The van der Waals surface area contributed by atoms with Crippen LogP contribution in [0.15, 0.2) is 41.5 Å². The lowest BCUT2D eigenvalue weighted by atomic mass is 10.1. The smallest absolute Gasteiger partial charge is 0.213 e. The van der Waals surface area contributed by atoms with E-state index in [0.29, 0.717) is 38.3 Å². The molecule has 0 atom stereocenters. The number of hydrogen-bond donors (Lipinski definition) is 2. The number of aromatic nitrogens is 1. The van der Waals surface area contributed by atoms with E-state index < -0.39 is 0 Å². The van der Waals surface area contributed by atoms with Crippen LogP contribution in [0.25, 0.3) is 0 Å². The predicted molar refractivity (Wildman–Crippen MR) is 138 cm³/mol. The predicted octanol–water partition coefficient (Wildman–Crippen LogP) is 4.22. The van der Waals surface area contributed by atoms with Gasteiger partial charge in [-0.2, -0.15) is 0 Å². The molecular formula is C24H35IN4O3. The molecule has 1 fully saturated rings. The quantitative estimate of drug-likeness (QED) is 0.198. The third kappa shape index (κ3) is 8.46. The van der Waals surface area contributed by atoms with Gasteiger partial charge in [-0.1, -0.05) is 18.2 Å². The molecule has 176 valence electrons. The lowest BCUT2D eigenvalue weighted by molar-refractivity contribution is 0.145. The molecule has 8 heteroatoms. The van der Waals surface area contributed by atoms with E-state index in [1.54, 1.807) is 14.2 Å². The Bertz CT molecular complexity index is 840. The van der Waals surface area contributed by atoms with Crippen molar-refractivity contribution in [2.24, 2.45) is 4.99 Å². The van der Waals surface area contributed by atoms with Crippen molar-refractivity contribution in [1.29, 1.82) is 0 Å². The first kappa shape index (κ1) is 26.2. The van der Waals surface area contributed by atoms with Gasteiger partial charge in [0.25, 0.3) is 0 Å². The zero-order valence-corrected chi connectivity index (χ0v) is 21.6. The Balaban J connectivity index is 0.00000363. The van der Waals surface area contributed by atoms with Crippen molar-refractivity contribution < 1.29 is 14.2 Å². The Morgan fingerprint density at radius 2 is 1.88 bits per heavy atom. The number of benzene rings is 1. The molecule has 1 aliphatic carbocycles. The molecule has 0 saturated heterocycles. The lowest BCUT2D eigenvalue weighted by Gasteiger charge is -2.16. The molecule has 0 bridgehead atoms. The van der Waals surface area contributed by atoms with Crippen molar-refractivity contribution in [2.45, 2.75) is 51.8 Å². The van der Waals surface area contributed by atoms with Gasteiger partial charge in [-0.25, -0.2) is 4.98 Å². The third-order valence-corrected chi connectivity index (χ3v) is 5.28. The number of aryl methyl sites for hydroxylation is 1. The number of aliphatic imine (C=N–C) groups is 1. The highest BCUT2D eigenvalue weighted by Gasteiger charge is 2.16. The van der Waals surface area contributed by atoms with Gasteiger partial charge in [-0.05, 0) is 49.8 Å². The maximum atomic E-state index is 5.93. The summed E-state index contributed by atoms with van der Waals surface area (Å²) in [6, 6.07) is 10.2. The molecule has 0 radical (unpaired) electrons. The summed E-state index contributed by atoms with van der Waals surface area (Å²) in [6.07, 6.45) is 6.95. The van der Waals surface area contributed by atoms with Crippen LogP contribution in [0.1, 0.15) is 42.4 Å². The molecule has 0 unspecified atom stereocenters. The number of ether oxygens (including phenoxy) is 3. The monoisotopic (exact) mass is 554 g/mol. The average Bonchev–Trinajstić information content (AvgIpc) is 3.29. The second-order valence-corrected chi connectivity index (χ2v) is 7.76. The third-order valence-electron chi connectivity index (χ3n) is 5.28. The fraction of sp³-hybridized carbons (Fsp3) is 0.500. The number of hydrogen-bond acceptors (Lipinski definition) is 5. The van der Waals surface area contributed by atoms with Crippen LogP contribution >= 0.6 is 24.0 Å². The molecule has 1 saturated carbocycles. The number of pyridine rings is 1. The fourth-order valence-electron chi connectivity index (χ4n) is 3.52. The second kappa shape index (κ2) is 14.2. The van der Waals surface area contributed by atoms with Crippen molar-refractivity contribution in [2.75, 3.05) is 27.4 Å². The molecule has 0 spiro atoms. The van der Waals surface area contributed by atoms with Crippen LogP contribution in [-0.4, -0.2) is 44.4 Å². The molecule has 0 aliphatic heterocycles. The van der Waals surface area contributed by atoms with Crippen LogP contribution < -0.4 is 20.1 Å². The number of nitrogens with zero attached hydrogens (tertiary/aromatic N) is 2. The number of methoxy groups -OCH3 is 1. The normalized spacial score (nSPS) is 14.0. The summed E-state index contributed by atoms with van der Waals surface area (Å²) < 4.78 is 16.9. The van der Waals surface area contributed by atoms with E-state index >= 15 is 0 Å². The highest BCUT2D eigenvalue weighted by molar-refractivity contribution is 14.0. The summed E-state index contributed by atoms with van der Waals surface area (Å²) in [7, 11) is 3.43. The average molecular weight is 554 g/mol. The first-order valence-electron chi connectivity index (χ1n) is 11.0. The minimum absolute atomic E-state index is 0. The summed E-state index contributed by atoms with van der Waals surface area (Å²) in [4.78, 5) is 8.76. The highest BCUT2D eigenvalue weighted by atomic mass is 127. The van der Waals surface area contributed by atoms with Gasteiger partial charge in [0.2, 0.25) is 5.88 Å². The molecule has 1 heterocycles. The van der Waals surface area contributed by atoms with Gasteiger partial charge < -0.3 is 24.8 Å². The minimum atomic E-state index is 0. The summed E-state index contributed by atoms with van der Waals surface area (Å²) in [5.74, 6) is 2.29. The second-order valence-electron chi connectivity index (χ2n) is 7.76.